The number of thioether (sulfide) groups is 1. The smallest absolute Gasteiger partial charge is 0.250 e. The molecule has 0 atom stereocenters. The molecule has 0 aromatic carbocycles. The lowest BCUT2D eigenvalue weighted by Crippen LogP contribution is -1.81. The quantitative estimate of drug-likeness (QED) is 0.326. The third-order valence-corrected chi connectivity index (χ3v) is 1.11. The molecule has 0 saturated heterocycles. The molecule has 0 unspecified atom stereocenters. The lowest BCUT2D eigenvalue weighted by atomic mass is 10.7. The molecule has 1 aliphatic heterocycles. The Balaban J connectivity index is 2.46. The first-order valence-corrected chi connectivity index (χ1v) is 2.76. The molecule has 0 aromatic heterocycles. The molecule has 1 heterocycles. The Hall–Kier alpha value is -0.240. The van der Waals surface area contributed by atoms with Crippen LogP contribution in [-0.4, -0.2) is 12.2 Å². The van der Waals surface area contributed by atoms with Crippen LogP contribution in [0.3, 0.4) is 0 Å². The zero-order chi connectivity index (χ0) is 4.24. The highest BCUT2D eigenvalue weighted by Gasteiger charge is 1.90. The number of hydrogen-bond acceptors (Lipinski definition) is 1. The van der Waals surface area contributed by atoms with Crippen LogP contribution in [0, 0.1) is 0 Å². The van der Waals surface area contributed by atoms with Crippen LogP contribution in [-0.2, 0) is 4.42 Å². The summed E-state index contributed by atoms with van der Waals surface area (Å²) in [4.78, 5) is 0. The van der Waals surface area contributed by atoms with E-state index >= 15 is 0 Å². The molecule has 1 rings (SSSR count). The molecule has 0 aliphatic carbocycles. The summed E-state index contributed by atoms with van der Waals surface area (Å²) in [5, 5.41) is 2.00. The van der Waals surface area contributed by atoms with Crippen molar-refractivity contribution in [1.29, 1.82) is 0 Å². The van der Waals surface area contributed by atoms with Gasteiger partial charge in [0.15, 0.2) is 0 Å². The molecular weight excluding hydrogens is 96.1 g/mol. The van der Waals surface area contributed by atoms with E-state index in [0.29, 0.717) is 0 Å². The van der Waals surface area contributed by atoms with Crippen molar-refractivity contribution in [3.05, 3.63) is 11.5 Å². The molecule has 0 aromatic rings. The second-order valence-electron chi connectivity index (χ2n) is 0.916. The van der Waals surface area contributed by atoms with E-state index in [2.05, 4.69) is 0 Å². The van der Waals surface area contributed by atoms with Gasteiger partial charge < -0.3 is 0 Å². The number of rotatable bonds is 0. The molecule has 0 radical (unpaired) electrons. The average molecular weight is 101 g/mol. The summed E-state index contributed by atoms with van der Waals surface area (Å²) in [6.07, 6.45) is 3.57. The molecule has 32 valence electrons. The molecule has 1 aliphatic rings. The van der Waals surface area contributed by atoms with Gasteiger partial charge in [0.1, 0.15) is 0 Å². The van der Waals surface area contributed by atoms with Crippen molar-refractivity contribution in [2.45, 2.75) is 0 Å². The number of allylic oxidation sites excluding steroid dienone is 1. The first-order chi connectivity index (χ1) is 3.00. The van der Waals surface area contributed by atoms with Crippen LogP contribution in [0.1, 0.15) is 0 Å². The third kappa shape index (κ3) is 0.863. The first-order valence-electron chi connectivity index (χ1n) is 1.72. The predicted octanol–water partition coefficient (Wildman–Crippen LogP) is 0.939. The maximum Gasteiger partial charge on any atom is 0.312 e. The van der Waals surface area contributed by atoms with E-state index in [1.807, 2.05) is 11.5 Å². The Morgan fingerprint density at radius 2 is 2.67 bits per heavy atom. The molecular formula is C4H5OS+. The zero-order valence-corrected chi connectivity index (χ0v) is 4.07. The van der Waals surface area contributed by atoms with Gasteiger partial charge in [-0.1, -0.05) is 0 Å². The van der Waals surface area contributed by atoms with E-state index in [-0.39, 0.29) is 0 Å². The van der Waals surface area contributed by atoms with Crippen LogP contribution in [0.15, 0.2) is 11.5 Å². The van der Waals surface area contributed by atoms with Gasteiger partial charge in [0, 0.05) is 6.08 Å². The predicted molar refractivity (Wildman–Crippen MR) is 27.7 cm³/mol. The van der Waals surface area contributed by atoms with Crippen LogP contribution in [0.25, 0.3) is 0 Å². The van der Waals surface area contributed by atoms with Gasteiger partial charge in [0.25, 0.3) is 0 Å². The largest absolute Gasteiger partial charge is 0.312 e. The monoisotopic (exact) mass is 101 g/mol. The van der Waals surface area contributed by atoms with Crippen LogP contribution >= 0.6 is 11.8 Å². The van der Waals surface area contributed by atoms with Crippen molar-refractivity contribution in [1.82, 2.24) is 0 Å². The molecule has 2 heteroatoms. The fourth-order valence-corrected chi connectivity index (χ4v) is 0.672. The Kier molecular flexibility index (Phi) is 1.33. The van der Waals surface area contributed by atoms with E-state index in [4.69, 9.17) is 4.42 Å². The van der Waals surface area contributed by atoms with Crippen molar-refractivity contribution in [3.8, 4) is 0 Å². The second-order valence-corrected chi connectivity index (χ2v) is 1.76. The summed E-state index contributed by atoms with van der Waals surface area (Å²) in [5.74, 6) is 0.774. The van der Waals surface area contributed by atoms with E-state index in [0.717, 1.165) is 5.94 Å². The van der Waals surface area contributed by atoms with Crippen molar-refractivity contribution in [2.75, 3.05) is 5.94 Å². The lowest BCUT2D eigenvalue weighted by Gasteiger charge is -1.77. The first kappa shape index (κ1) is 3.93. The lowest BCUT2D eigenvalue weighted by molar-refractivity contribution is -0.425. The summed E-state index contributed by atoms with van der Waals surface area (Å²) in [7, 11) is 0. The van der Waals surface area contributed by atoms with Crippen molar-refractivity contribution < 1.29 is 4.42 Å². The highest BCUT2D eigenvalue weighted by Crippen LogP contribution is 2.00. The molecule has 1 nitrogen and oxygen atoms in total. The van der Waals surface area contributed by atoms with Crippen LogP contribution in [0.4, 0.5) is 0 Å². The third-order valence-electron chi connectivity index (χ3n) is 0.486. The van der Waals surface area contributed by atoms with Crippen LogP contribution in [0.2, 0.25) is 0 Å². The summed E-state index contributed by atoms with van der Waals surface area (Å²) in [6, 6.07) is 0. The van der Waals surface area contributed by atoms with Gasteiger partial charge in [-0.2, -0.15) is 0 Å². The maximum absolute atomic E-state index is 4.82. The minimum Gasteiger partial charge on any atom is -0.250 e. The summed E-state index contributed by atoms with van der Waals surface area (Å²) in [6.45, 7) is 0. The van der Waals surface area contributed by atoms with Gasteiger partial charge in [0.2, 0.25) is 0 Å². The van der Waals surface area contributed by atoms with Gasteiger partial charge in [-0.15, -0.1) is 0 Å². The zero-order valence-electron chi connectivity index (χ0n) is 3.26. The molecule has 0 fully saturated rings. The average Bonchev–Trinajstić information content (AvgIpc) is 1.72. The summed E-state index contributed by atoms with van der Waals surface area (Å²) < 4.78 is 4.82. The van der Waals surface area contributed by atoms with E-state index in [1.54, 1.807) is 18.0 Å². The van der Waals surface area contributed by atoms with Crippen LogP contribution in [0.5, 0.6) is 0 Å². The summed E-state index contributed by atoms with van der Waals surface area (Å²) >= 11 is 1.66. The SMILES string of the molecule is C1=CSC[O+]=C1. The van der Waals surface area contributed by atoms with Crippen LogP contribution < -0.4 is 0 Å². The highest BCUT2D eigenvalue weighted by molar-refractivity contribution is 8.01. The van der Waals surface area contributed by atoms with Crippen molar-refractivity contribution >= 4 is 18.0 Å². The molecule has 0 N–H and O–H groups in total. The van der Waals surface area contributed by atoms with Gasteiger partial charge in [-0.3, -0.25) is 4.42 Å². The minimum atomic E-state index is 0.774. The van der Waals surface area contributed by atoms with Crippen molar-refractivity contribution in [2.24, 2.45) is 0 Å². The molecule has 0 saturated carbocycles. The number of hydrogen-bond donors (Lipinski definition) is 0. The number of aldehydes is 1. The van der Waals surface area contributed by atoms with Crippen molar-refractivity contribution in [3.63, 3.8) is 0 Å². The van der Waals surface area contributed by atoms with Gasteiger partial charge in [-0.05, 0) is 17.2 Å². The van der Waals surface area contributed by atoms with Gasteiger partial charge in [-0.25, -0.2) is 0 Å². The minimum absolute atomic E-state index is 0.774. The Bertz CT molecular complexity index is 73.5. The second kappa shape index (κ2) is 2.03. The Labute approximate surface area is 40.7 Å². The van der Waals surface area contributed by atoms with Gasteiger partial charge >= 0.3 is 12.2 Å². The molecule has 0 spiro atoms. The topological polar surface area (TPSA) is 11.3 Å². The fourth-order valence-electron chi connectivity index (χ4n) is 0.261. The molecule has 0 amide bonds. The summed E-state index contributed by atoms with van der Waals surface area (Å²) in [5.41, 5.74) is 0. The van der Waals surface area contributed by atoms with E-state index < -0.39 is 0 Å². The molecule has 6 heavy (non-hydrogen) atoms. The van der Waals surface area contributed by atoms with Gasteiger partial charge in [0.05, 0.1) is 0 Å². The highest BCUT2D eigenvalue weighted by atomic mass is 32.2. The van der Waals surface area contributed by atoms with E-state index in [1.165, 1.54) is 0 Å². The fraction of sp³-hybridized carbons (Fsp3) is 0.250. The van der Waals surface area contributed by atoms with E-state index in [9.17, 15) is 0 Å². The Morgan fingerprint density at radius 1 is 1.67 bits per heavy atom. The standard InChI is InChI=1S/C4H5OS/c1-2-5-4-6-3-1/h1-3H,4H2/q+1. The maximum atomic E-state index is 4.82. The normalized spacial score (nSPS) is 18.7. The Morgan fingerprint density at radius 3 is 2.83 bits per heavy atom. The number of carbonyl (C=O) groups excluding carboxylic acids is 1. The molecule has 0 bridgehead atoms.